The average molecular weight is 622 g/mol. The van der Waals surface area contributed by atoms with Crippen molar-refractivity contribution >= 4 is 38.7 Å². The van der Waals surface area contributed by atoms with Crippen molar-refractivity contribution in [2.24, 2.45) is 0 Å². The predicted octanol–water partition coefficient (Wildman–Crippen LogP) is 5.73. The van der Waals surface area contributed by atoms with E-state index in [4.69, 9.17) is 9.47 Å². The fourth-order valence-corrected chi connectivity index (χ4v) is 6.49. The summed E-state index contributed by atoms with van der Waals surface area (Å²) in [5, 5.41) is 13.2. The molecule has 2 aliphatic rings. The second-order valence-electron chi connectivity index (χ2n) is 11.6. The van der Waals surface area contributed by atoms with Gasteiger partial charge in [-0.3, -0.25) is 14.6 Å². The van der Waals surface area contributed by atoms with Gasteiger partial charge in [-0.1, -0.05) is 26.0 Å². The largest absolute Gasteiger partial charge is 0.494 e. The number of ether oxygens (including phenoxy) is 3. The van der Waals surface area contributed by atoms with E-state index in [1.165, 1.54) is 20.7 Å². The van der Waals surface area contributed by atoms with E-state index >= 15 is 0 Å². The highest BCUT2D eigenvalue weighted by molar-refractivity contribution is 7.17. The van der Waals surface area contributed by atoms with Crippen LogP contribution in [0.2, 0.25) is 0 Å². The van der Waals surface area contributed by atoms with Gasteiger partial charge in [0.25, 0.3) is 6.48 Å². The molecule has 12 heteroatoms. The van der Waals surface area contributed by atoms with Crippen LogP contribution in [0.25, 0.3) is 10.1 Å². The third-order valence-corrected chi connectivity index (χ3v) is 8.82. The molecule has 0 saturated carbocycles. The van der Waals surface area contributed by atoms with E-state index in [-0.39, 0.29) is 12.3 Å². The molecule has 234 valence electrons. The summed E-state index contributed by atoms with van der Waals surface area (Å²) in [5.41, 5.74) is 2.28. The summed E-state index contributed by atoms with van der Waals surface area (Å²) in [5.74, 6) is 0.309. The van der Waals surface area contributed by atoms with E-state index in [9.17, 15) is 23.1 Å². The zero-order chi connectivity index (χ0) is 30.6. The fraction of sp³-hybridized carbons (Fsp3) is 0.516. The van der Waals surface area contributed by atoms with Crippen molar-refractivity contribution in [1.82, 2.24) is 4.90 Å². The van der Waals surface area contributed by atoms with Crippen LogP contribution in [-0.2, 0) is 19.7 Å². The van der Waals surface area contributed by atoms with Crippen LogP contribution in [0.5, 0.6) is 5.75 Å². The number of rotatable bonds is 12. The smallest absolute Gasteiger partial charge is 0.411 e. The zero-order valence-corrected chi connectivity index (χ0v) is 25.3. The van der Waals surface area contributed by atoms with Crippen molar-refractivity contribution < 1.29 is 37.3 Å². The Balaban J connectivity index is 1.09. The highest BCUT2D eigenvalue weighted by atomic mass is 32.1. The maximum absolute atomic E-state index is 12.9. The van der Waals surface area contributed by atoms with Crippen molar-refractivity contribution in [2.75, 3.05) is 62.5 Å². The van der Waals surface area contributed by atoms with Crippen LogP contribution in [-0.4, -0.2) is 81.2 Å². The molecule has 1 fully saturated rings. The number of halogens is 3. The molecule has 0 spiro atoms. The summed E-state index contributed by atoms with van der Waals surface area (Å²) in [4.78, 5) is 19.2. The first kappa shape index (κ1) is 31.5. The van der Waals surface area contributed by atoms with E-state index in [1.807, 2.05) is 26.0 Å². The molecule has 0 aliphatic carbocycles. The molecule has 43 heavy (non-hydrogen) atoms. The first-order valence-electron chi connectivity index (χ1n) is 14.5. The van der Waals surface area contributed by atoms with Crippen molar-refractivity contribution in [3.8, 4) is 5.75 Å². The first-order valence-corrected chi connectivity index (χ1v) is 15.4. The van der Waals surface area contributed by atoms with Gasteiger partial charge in [0.2, 0.25) is 5.91 Å². The Labute approximate surface area is 253 Å². The number of fused-ring (bicyclic) bond motifs is 2. The lowest BCUT2D eigenvalue weighted by Crippen LogP contribution is -2.46. The Morgan fingerprint density at radius 3 is 2.58 bits per heavy atom. The Morgan fingerprint density at radius 2 is 1.81 bits per heavy atom. The highest BCUT2D eigenvalue weighted by Crippen LogP contribution is 2.42. The summed E-state index contributed by atoms with van der Waals surface area (Å²) in [6, 6.07) is 14.2. The van der Waals surface area contributed by atoms with Gasteiger partial charge in [0.1, 0.15) is 19.1 Å². The number of carbonyl (C=O) groups is 1. The summed E-state index contributed by atoms with van der Waals surface area (Å²) in [6.45, 7) is 5.21. The number of unbranched alkanes of at least 4 members (excludes halogenated alkanes) is 1. The van der Waals surface area contributed by atoms with Gasteiger partial charge in [-0.2, -0.15) is 13.2 Å². The lowest BCUT2D eigenvalue weighted by atomic mass is 9.77. The molecule has 2 aromatic carbocycles. The van der Waals surface area contributed by atoms with Crippen LogP contribution in [0.1, 0.15) is 38.7 Å². The van der Waals surface area contributed by atoms with Crippen molar-refractivity contribution in [1.29, 1.82) is 0 Å². The van der Waals surface area contributed by atoms with Crippen LogP contribution in [0.4, 0.5) is 24.5 Å². The second-order valence-corrected chi connectivity index (χ2v) is 12.5. The minimum atomic E-state index is -4.61. The van der Waals surface area contributed by atoms with Gasteiger partial charge in [-0.15, -0.1) is 11.3 Å². The molecule has 0 radical (unpaired) electrons. The number of anilines is 2. The highest BCUT2D eigenvalue weighted by Gasteiger charge is 2.37. The number of aliphatic hydroxyl groups excluding tert-OH is 1. The number of carbonyl (C=O) groups excluding carboxylic acids is 1. The number of nitrogens with zero attached hydrogens (tertiary/aromatic N) is 3. The maximum Gasteiger partial charge on any atom is 0.411 e. The van der Waals surface area contributed by atoms with Crippen LogP contribution in [0, 0.1) is 0 Å². The Hall–Kier alpha value is -2.90. The minimum Gasteiger partial charge on any atom is -0.494 e. The van der Waals surface area contributed by atoms with Gasteiger partial charge in [-0.05, 0) is 54.6 Å². The molecule has 1 N–H and O–H groups in total. The van der Waals surface area contributed by atoms with E-state index in [2.05, 4.69) is 44.2 Å². The van der Waals surface area contributed by atoms with Gasteiger partial charge in [0.05, 0.1) is 12.3 Å². The molecule has 0 bridgehead atoms. The average Bonchev–Trinajstić information content (AvgIpc) is 3.45. The third kappa shape index (κ3) is 7.98. The normalized spacial score (nSPS) is 18.2. The topological polar surface area (TPSA) is 74.7 Å². The molecule has 3 aromatic rings. The van der Waals surface area contributed by atoms with Gasteiger partial charge in [0, 0.05) is 59.9 Å². The van der Waals surface area contributed by atoms with Gasteiger partial charge >= 0.3 is 6.18 Å². The number of amides is 1. The molecule has 1 aromatic heterocycles. The van der Waals surface area contributed by atoms with Gasteiger partial charge < -0.3 is 24.2 Å². The SMILES string of the molecule is CC1(C)CC(=O)N(COC(O)OCC(F)(F)F)c2cc(OCCCCN3CCN(c4cccc5sccc45)CC3)ccc21. The van der Waals surface area contributed by atoms with Crippen LogP contribution >= 0.6 is 11.3 Å². The number of hydrogen-bond donors (Lipinski definition) is 1. The molecule has 1 amide bonds. The molecule has 2 aliphatic heterocycles. The van der Waals surface area contributed by atoms with Crippen molar-refractivity contribution in [2.45, 2.75) is 51.2 Å². The molecular formula is C31H38F3N3O5S. The number of benzene rings is 2. The minimum absolute atomic E-state index is 0.182. The Kier molecular flexibility index (Phi) is 9.82. The van der Waals surface area contributed by atoms with Crippen LogP contribution < -0.4 is 14.5 Å². The molecule has 1 unspecified atom stereocenters. The summed E-state index contributed by atoms with van der Waals surface area (Å²) in [6.07, 6.45) is -2.57. The number of thiophene rings is 1. The number of aliphatic hydroxyl groups is 1. The number of hydrogen-bond acceptors (Lipinski definition) is 8. The number of alkyl halides is 3. The summed E-state index contributed by atoms with van der Waals surface area (Å²) < 4.78 is 53.8. The van der Waals surface area contributed by atoms with E-state index in [1.54, 1.807) is 17.4 Å². The van der Waals surface area contributed by atoms with E-state index in [0.717, 1.165) is 51.1 Å². The monoisotopic (exact) mass is 621 g/mol. The molecule has 5 rings (SSSR count). The first-order chi connectivity index (χ1) is 20.5. The molecule has 8 nitrogen and oxygen atoms in total. The lowest BCUT2D eigenvalue weighted by molar-refractivity contribution is -0.299. The quantitative estimate of drug-likeness (QED) is 0.205. The fourth-order valence-electron chi connectivity index (χ4n) is 5.69. The van der Waals surface area contributed by atoms with Crippen molar-refractivity contribution in [3.05, 3.63) is 53.4 Å². The molecule has 1 saturated heterocycles. The Morgan fingerprint density at radius 1 is 1.02 bits per heavy atom. The summed E-state index contributed by atoms with van der Waals surface area (Å²) >= 11 is 1.78. The summed E-state index contributed by atoms with van der Waals surface area (Å²) in [7, 11) is 0. The molecule has 3 heterocycles. The maximum atomic E-state index is 12.9. The second kappa shape index (κ2) is 13.4. The van der Waals surface area contributed by atoms with Crippen molar-refractivity contribution in [3.63, 3.8) is 0 Å². The lowest BCUT2D eigenvalue weighted by Gasteiger charge is -2.38. The van der Waals surface area contributed by atoms with Gasteiger partial charge in [0.15, 0.2) is 0 Å². The predicted molar refractivity (Wildman–Crippen MR) is 161 cm³/mol. The van der Waals surface area contributed by atoms with Gasteiger partial charge in [-0.25, -0.2) is 0 Å². The standard InChI is InChI=1S/C31H38F3N3O5S/c1-30(2)19-28(38)37(21-42-29(39)41-20-31(32,33)34)26-18-22(8-9-24(26)30)40-16-4-3-11-35-12-14-36(15-13-35)25-6-5-7-27-23(25)10-17-43-27/h5-10,17-18,29,39H,3-4,11-16,19-21H2,1-2H3. The Bertz CT molecular complexity index is 1390. The molecular weight excluding hydrogens is 583 g/mol. The van der Waals surface area contributed by atoms with E-state index in [0.29, 0.717) is 18.0 Å². The molecule has 1 atom stereocenters. The van der Waals surface area contributed by atoms with Crippen LogP contribution in [0.3, 0.4) is 0 Å². The van der Waals surface area contributed by atoms with E-state index < -0.39 is 31.4 Å². The number of piperazine rings is 1. The zero-order valence-electron chi connectivity index (χ0n) is 24.4. The third-order valence-electron chi connectivity index (χ3n) is 7.94. The van der Waals surface area contributed by atoms with Crippen LogP contribution in [0.15, 0.2) is 47.8 Å².